The van der Waals surface area contributed by atoms with Gasteiger partial charge in [0.15, 0.2) is 0 Å². The molecule has 100 valence electrons. The van der Waals surface area contributed by atoms with Gasteiger partial charge in [-0.3, -0.25) is 4.79 Å². The van der Waals surface area contributed by atoms with Crippen LogP contribution in [0.15, 0.2) is 24.3 Å². The highest BCUT2D eigenvalue weighted by atomic mass is 16.3. The van der Waals surface area contributed by atoms with Crippen LogP contribution in [0.3, 0.4) is 0 Å². The minimum Gasteiger partial charge on any atom is -0.393 e. The molecular formula is C14H22N2O2. The first-order chi connectivity index (χ1) is 8.47. The molecule has 0 heterocycles. The van der Waals surface area contributed by atoms with Crippen LogP contribution >= 0.6 is 0 Å². The summed E-state index contributed by atoms with van der Waals surface area (Å²) in [7, 11) is 2.03. The van der Waals surface area contributed by atoms with Crippen molar-refractivity contribution in [2.75, 3.05) is 18.9 Å². The van der Waals surface area contributed by atoms with Crippen molar-refractivity contribution in [2.45, 2.75) is 32.9 Å². The van der Waals surface area contributed by atoms with Gasteiger partial charge in [-0.25, -0.2) is 0 Å². The summed E-state index contributed by atoms with van der Waals surface area (Å²) in [5, 5.41) is 12.0. The van der Waals surface area contributed by atoms with Gasteiger partial charge in [0.25, 0.3) is 0 Å². The number of aliphatic hydroxyl groups excluding tert-OH is 1. The molecule has 0 fully saturated rings. The molecule has 0 saturated heterocycles. The second kappa shape index (κ2) is 7.13. The summed E-state index contributed by atoms with van der Waals surface area (Å²) in [5.41, 5.74) is 2.01. The molecule has 1 rings (SSSR count). The second-order valence-electron chi connectivity index (χ2n) is 4.75. The van der Waals surface area contributed by atoms with Crippen molar-refractivity contribution >= 4 is 11.6 Å². The van der Waals surface area contributed by atoms with Crippen molar-refractivity contribution < 1.29 is 9.90 Å². The van der Waals surface area contributed by atoms with E-state index in [0.29, 0.717) is 0 Å². The molecule has 2 N–H and O–H groups in total. The molecule has 0 radical (unpaired) electrons. The fraction of sp³-hybridized carbons (Fsp3) is 0.500. The topological polar surface area (TPSA) is 52.6 Å². The van der Waals surface area contributed by atoms with E-state index in [-0.39, 0.29) is 12.0 Å². The monoisotopic (exact) mass is 250 g/mol. The molecule has 0 aliphatic heterocycles. The van der Waals surface area contributed by atoms with Crippen molar-refractivity contribution in [3.63, 3.8) is 0 Å². The van der Waals surface area contributed by atoms with Crippen molar-refractivity contribution in [3.8, 4) is 0 Å². The number of aliphatic hydroxyl groups is 1. The van der Waals surface area contributed by atoms with E-state index >= 15 is 0 Å². The van der Waals surface area contributed by atoms with Gasteiger partial charge in [-0.1, -0.05) is 12.1 Å². The summed E-state index contributed by atoms with van der Waals surface area (Å²) in [5.74, 6) is -0.0585. The number of benzene rings is 1. The van der Waals surface area contributed by atoms with E-state index in [0.717, 1.165) is 25.2 Å². The van der Waals surface area contributed by atoms with Gasteiger partial charge in [0.05, 0.1) is 6.10 Å². The molecule has 4 heteroatoms. The van der Waals surface area contributed by atoms with Gasteiger partial charge in [-0.2, -0.15) is 0 Å². The SMILES string of the molecule is CC(=O)Nc1ccc(CN(C)CCC(C)O)cc1. The van der Waals surface area contributed by atoms with Gasteiger partial charge < -0.3 is 15.3 Å². The van der Waals surface area contributed by atoms with Crippen molar-refractivity contribution in [2.24, 2.45) is 0 Å². The zero-order valence-electron chi connectivity index (χ0n) is 11.3. The van der Waals surface area contributed by atoms with Crippen LogP contribution in [0.4, 0.5) is 5.69 Å². The highest BCUT2D eigenvalue weighted by molar-refractivity contribution is 5.88. The van der Waals surface area contributed by atoms with Crippen LogP contribution in [0.5, 0.6) is 0 Å². The van der Waals surface area contributed by atoms with E-state index in [1.54, 1.807) is 6.92 Å². The van der Waals surface area contributed by atoms with Gasteiger partial charge in [0, 0.05) is 25.7 Å². The Labute approximate surface area is 109 Å². The fourth-order valence-electron chi connectivity index (χ4n) is 1.69. The van der Waals surface area contributed by atoms with Gasteiger partial charge in [0.2, 0.25) is 5.91 Å². The molecular weight excluding hydrogens is 228 g/mol. The molecule has 1 atom stereocenters. The lowest BCUT2D eigenvalue weighted by Gasteiger charge is -2.17. The van der Waals surface area contributed by atoms with Crippen molar-refractivity contribution in [1.82, 2.24) is 4.90 Å². The lowest BCUT2D eigenvalue weighted by atomic mass is 10.2. The predicted octanol–water partition coefficient (Wildman–Crippen LogP) is 1.85. The third-order valence-corrected chi connectivity index (χ3v) is 2.66. The maximum atomic E-state index is 10.9. The summed E-state index contributed by atoms with van der Waals surface area (Å²) >= 11 is 0. The Bertz CT molecular complexity index is 374. The first-order valence-corrected chi connectivity index (χ1v) is 6.20. The Morgan fingerprint density at radius 2 is 2.00 bits per heavy atom. The lowest BCUT2D eigenvalue weighted by molar-refractivity contribution is -0.114. The van der Waals surface area contributed by atoms with Crippen LogP contribution in [0.1, 0.15) is 25.8 Å². The Morgan fingerprint density at radius 1 is 1.39 bits per heavy atom. The highest BCUT2D eigenvalue weighted by Gasteiger charge is 2.03. The number of hydrogen-bond donors (Lipinski definition) is 2. The minimum atomic E-state index is -0.255. The molecule has 1 unspecified atom stereocenters. The van der Waals surface area contributed by atoms with Gasteiger partial charge in [-0.15, -0.1) is 0 Å². The highest BCUT2D eigenvalue weighted by Crippen LogP contribution is 2.11. The van der Waals surface area contributed by atoms with E-state index in [9.17, 15) is 9.90 Å². The average molecular weight is 250 g/mol. The van der Waals surface area contributed by atoms with E-state index in [2.05, 4.69) is 10.2 Å². The molecule has 1 aromatic rings. The Kier molecular flexibility index (Phi) is 5.82. The smallest absolute Gasteiger partial charge is 0.221 e. The number of nitrogens with one attached hydrogen (secondary N) is 1. The molecule has 18 heavy (non-hydrogen) atoms. The summed E-state index contributed by atoms with van der Waals surface area (Å²) in [6.45, 7) is 5.01. The Balaban J connectivity index is 2.45. The molecule has 4 nitrogen and oxygen atoms in total. The minimum absolute atomic E-state index is 0.0585. The van der Waals surface area contributed by atoms with Gasteiger partial charge >= 0.3 is 0 Å². The fourth-order valence-corrected chi connectivity index (χ4v) is 1.69. The number of amides is 1. The van der Waals surface area contributed by atoms with Crippen molar-refractivity contribution in [1.29, 1.82) is 0 Å². The third-order valence-electron chi connectivity index (χ3n) is 2.66. The number of carbonyl (C=O) groups is 1. The number of rotatable bonds is 6. The summed E-state index contributed by atoms with van der Waals surface area (Å²) in [6.07, 6.45) is 0.523. The van der Waals surface area contributed by atoms with E-state index in [1.165, 1.54) is 12.5 Å². The summed E-state index contributed by atoms with van der Waals surface area (Å²) in [6, 6.07) is 7.81. The summed E-state index contributed by atoms with van der Waals surface area (Å²) < 4.78 is 0. The summed E-state index contributed by atoms with van der Waals surface area (Å²) in [4.78, 5) is 13.0. The molecule has 0 aliphatic carbocycles. The molecule has 0 saturated carbocycles. The van der Waals surface area contributed by atoms with Crippen LogP contribution < -0.4 is 5.32 Å². The lowest BCUT2D eigenvalue weighted by Crippen LogP contribution is -2.22. The van der Waals surface area contributed by atoms with E-state index in [4.69, 9.17) is 0 Å². The largest absolute Gasteiger partial charge is 0.393 e. The van der Waals surface area contributed by atoms with Gasteiger partial charge in [0.1, 0.15) is 0 Å². The molecule has 0 spiro atoms. The van der Waals surface area contributed by atoms with Crippen LogP contribution in [-0.2, 0) is 11.3 Å². The van der Waals surface area contributed by atoms with Crippen molar-refractivity contribution in [3.05, 3.63) is 29.8 Å². The first kappa shape index (κ1) is 14.7. The number of carbonyl (C=O) groups excluding carboxylic acids is 1. The quantitative estimate of drug-likeness (QED) is 0.810. The molecule has 0 bridgehead atoms. The standard InChI is InChI=1S/C14H22N2O2/c1-11(17)8-9-16(3)10-13-4-6-14(7-5-13)15-12(2)18/h4-7,11,17H,8-10H2,1-3H3,(H,15,18). The van der Waals surface area contributed by atoms with E-state index in [1.807, 2.05) is 31.3 Å². The Hall–Kier alpha value is -1.39. The average Bonchev–Trinajstić information content (AvgIpc) is 2.28. The van der Waals surface area contributed by atoms with Crippen LogP contribution in [0.2, 0.25) is 0 Å². The zero-order valence-corrected chi connectivity index (χ0v) is 11.3. The normalized spacial score (nSPS) is 12.5. The van der Waals surface area contributed by atoms with Crippen LogP contribution in [0, 0.1) is 0 Å². The molecule has 1 amide bonds. The number of anilines is 1. The number of nitrogens with zero attached hydrogens (tertiary/aromatic N) is 1. The molecule has 1 aromatic carbocycles. The Morgan fingerprint density at radius 3 is 2.50 bits per heavy atom. The zero-order chi connectivity index (χ0) is 13.5. The maximum absolute atomic E-state index is 10.9. The third kappa shape index (κ3) is 5.80. The second-order valence-corrected chi connectivity index (χ2v) is 4.75. The first-order valence-electron chi connectivity index (χ1n) is 6.20. The molecule has 0 aliphatic rings. The molecule has 0 aromatic heterocycles. The van der Waals surface area contributed by atoms with E-state index < -0.39 is 0 Å². The van der Waals surface area contributed by atoms with Crippen LogP contribution in [0.25, 0.3) is 0 Å². The maximum Gasteiger partial charge on any atom is 0.221 e. The van der Waals surface area contributed by atoms with Gasteiger partial charge in [-0.05, 0) is 38.1 Å². The number of hydrogen-bond acceptors (Lipinski definition) is 3. The van der Waals surface area contributed by atoms with Crippen LogP contribution in [-0.4, -0.2) is 35.6 Å². The predicted molar refractivity (Wildman–Crippen MR) is 73.4 cm³/mol.